The Morgan fingerprint density at radius 1 is 1.24 bits per heavy atom. The summed E-state index contributed by atoms with van der Waals surface area (Å²) >= 11 is 0. The summed E-state index contributed by atoms with van der Waals surface area (Å²) in [4.78, 5) is 4.18. The first-order valence-electron chi connectivity index (χ1n) is 6.82. The Balaban J connectivity index is 2.11. The van der Waals surface area contributed by atoms with Gasteiger partial charge in [-0.05, 0) is 12.5 Å². The molecule has 0 amide bonds. The van der Waals surface area contributed by atoms with E-state index in [9.17, 15) is 13.2 Å². The van der Waals surface area contributed by atoms with Gasteiger partial charge in [0.2, 0.25) is 0 Å². The van der Waals surface area contributed by atoms with Gasteiger partial charge in [0.1, 0.15) is 5.52 Å². The molecule has 2 aromatic heterocycles. The van der Waals surface area contributed by atoms with E-state index in [-0.39, 0.29) is 18.4 Å². The predicted molar refractivity (Wildman–Crippen MR) is 75.5 cm³/mol. The highest BCUT2D eigenvalue weighted by Gasteiger charge is 2.26. The van der Waals surface area contributed by atoms with Crippen LogP contribution in [0.25, 0.3) is 5.52 Å². The minimum atomic E-state index is -4.11. The van der Waals surface area contributed by atoms with Gasteiger partial charge >= 0.3 is 6.18 Å². The molecule has 0 saturated heterocycles. The Kier molecular flexibility index (Phi) is 4.11. The second-order valence-electron chi connectivity index (χ2n) is 6.03. The Bertz CT molecular complexity index is 611. The first kappa shape index (κ1) is 15.6. The molecule has 116 valence electrons. The fourth-order valence-electron chi connectivity index (χ4n) is 1.92. The van der Waals surface area contributed by atoms with E-state index in [0.29, 0.717) is 5.82 Å². The smallest absolute Gasteiger partial charge is 0.368 e. The molecule has 7 heteroatoms. The number of rotatable bonds is 4. The third kappa shape index (κ3) is 4.09. The monoisotopic (exact) mass is 300 g/mol. The number of nitrogens with one attached hydrogen (secondary N) is 1. The van der Waals surface area contributed by atoms with Crippen LogP contribution in [0.4, 0.5) is 19.0 Å². The zero-order valence-corrected chi connectivity index (χ0v) is 12.3. The van der Waals surface area contributed by atoms with E-state index < -0.39 is 12.6 Å². The van der Waals surface area contributed by atoms with Crippen LogP contribution in [-0.4, -0.2) is 27.3 Å². The van der Waals surface area contributed by atoms with Crippen LogP contribution in [0, 0.1) is 0 Å². The standard InChI is InChI=1S/C14H19F3N4/c1-13(2,3)11-9-10-12(19-7-8-21(10)20-11)18-6-4-5-14(15,16)17/h7-9H,4-6H2,1-3H3,(H,18,19). The summed E-state index contributed by atoms with van der Waals surface area (Å²) in [6, 6.07) is 1.92. The van der Waals surface area contributed by atoms with Crippen molar-refractivity contribution in [3.63, 3.8) is 0 Å². The third-order valence-electron chi connectivity index (χ3n) is 3.09. The van der Waals surface area contributed by atoms with Crippen molar-refractivity contribution in [2.45, 2.75) is 45.2 Å². The van der Waals surface area contributed by atoms with Crippen molar-refractivity contribution in [1.29, 1.82) is 0 Å². The number of aromatic nitrogens is 3. The van der Waals surface area contributed by atoms with Crippen molar-refractivity contribution in [3.8, 4) is 0 Å². The lowest BCUT2D eigenvalue weighted by molar-refractivity contribution is -0.134. The molecule has 2 rings (SSSR count). The maximum atomic E-state index is 12.1. The second-order valence-corrected chi connectivity index (χ2v) is 6.03. The quantitative estimate of drug-likeness (QED) is 0.874. The second kappa shape index (κ2) is 5.54. The van der Waals surface area contributed by atoms with Crippen molar-refractivity contribution >= 4 is 11.3 Å². The van der Waals surface area contributed by atoms with E-state index in [4.69, 9.17) is 0 Å². The average Bonchev–Trinajstić information content (AvgIpc) is 2.77. The highest BCUT2D eigenvalue weighted by molar-refractivity contribution is 5.68. The highest BCUT2D eigenvalue weighted by atomic mass is 19.4. The lowest BCUT2D eigenvalue weighted by atomic mass is 9.92. The lowest BCUT2D eigenvalue weighted by Gasteiger charge is -2.13. The summed E-state index contributed by atoms with van der Waals surface area (Å²) in [6.45, 7) is 6.39. The number of alkyl halides is 3. The van der Waals surface area contributed by atoms with E-state index >= 15 is 0 Å². The van der Waals surface area contributed by atoms with E-state index in [1.54, 1.807) is 16.9 Å². The summed E-state index contributed by atoms with van der Waals surface area (Å²) < 4.78 is 38.0. The maximum absolute atomic E-state index is 12.1. The van der Waals surface area contributed by atoms with Gasteiger partial charge in [-0.1, -0.05) is 20.8 Å². The van der Waals surface area contributed by atoms with Crippen molar-refractivity contribution in [2.75, 3.05) is 11.9 Å². The Labute approximate surface area is 121 Å². The molecule has 0 aliphatic carbocycles. The molecule has 0 aliphatic heterocycles. The van der Waals surface area contributed by atoms with Gasteiger partial charge in [-0.25, -0.2) is 9.50 Å². The van der Waals surface area contributed by atoms with Gasteiger partial charge in [0.25, 0.3) is 0 Å². The van der Waals surface area contributed by atoms with Gasteiger partial charge in [0.05, 0.1) is 5.69 Å². The molecule has 0 radical (unpaired) electrons. The summed E-state index contributed by atoms with van der Waals surface area (Å²) in [5, 5.41) is 7.42. The van der Waals surface area contributed by atoms with Crippen molar-refractivity contribution in [3.05, 3.63) is 24.2 Å². The third-order valence-corrected chi connectivity index (χ3v) is 3.09. The molecule has 0 bridgehead atoms. The van der Waals surface area contributed by atoms with E-state index in [2.05, 4.69) is 36.2 Å². The lowest BCUT2D eigenvalue weighted by Crippen LogP contribution is -2.12. The van der Waals surface area contributed by atoms with Gasteiger partial charge in [-0.15, -0.1) is 0 Å². The molecule has 0 saturated carbocycles. The van der Waals surface area contributed by atoms with E-state index in [1.807, 2.05) is 6.07 Å². The van der Waals surface area contributed by atoms with Crippen molar-refractivity contribution in [1.82, 2.24) is 14.6 Å². The molecule has 0 spiro atoms. The Morgan fingerprint density at radius 2 is 1.95 bits per heavy atom. The number of hydrogen-bond donors (Lipinski definition) is 1. The van der Waals surface area contributed by atoms with Crippen LogP contribution < -0.4 is 5.32 Å². The van der Waals surface area contributed by atoms with E-state index in [1.165, 1.54) is 0 Å². The molecule has 2 heterocycles. The van der Waals surface area contributed by atoms with Gasteiger partial charge < -0.3 is 5.32 Å². The fraction of sp³-hybridized carbons (Fsp3) is 0.571. The largest absolute Gasteiger partial charge is 0.389 e. The minimum Gasteiger partial charge on any atom is -0.368 e. The molecule has 4 nitrogen and oxygen atoms in total. The normalized spacial score (nSPS) is 12.9. The van der Waals surface area contributed by atoms with E-state index in [0.717, 1.165) is 11.2 Å². The molecule has 0 unspecified atom stereocenters. The predicted octanol–water partition coefficient (Wildman–Crippen LogP) is 3.78. The zero-order valence-electron chi connectivity index (χ0n) is 12.3. The molecule has 0 atom stereocenters. The van der Waals surface area contributed by atoms with Gasteiger partial charge in [0, 0.05) is 30.8 Å². The summed E-state index contributed by atoms with van der Waals surface area (Å²) in [5.74, 6) is 0.558. The number of fused-ring (bicyclic) bond motifs is 1. The van der Waals surface area contributed by atoms with Crippen LogP contribution in [0.1, 0.15) is 39.3 Å². The number of nitrogens with zero attached hydrogens (tertiary/aromatic N) is 3. The first-order chi connectivity index (χ1) is 9.67. The van der Waals surface area contributed by atoms with Crippen molar-refractivity contribution < 1.29 is 13.2 Å². The van der Waals surface area contributed by atoms with Crippen LogP contribution in [-0.2, 0) is 5.41 Å². The number of anilines is 1. The topological polar surface area (TPSA) is 42.2 Å². The molecular weight excluding hydrogens is 281 g/mol. The van der Waals surface area contributed by atoms with Crippen LogP contribution in [0.2, 0.25) is 0 Å². The average molecular weight is 300 g/mol. The maximum Gasteiger partial charge on any atom is 0.389 e. The molecule has 0 aromatic carbocycles. The van der Waals surface area contributed by atoms with Crippen LogP contribution in [0.3, 0.4) is 0 Å². The molecule has 2 aromatic rings. The highest BCUT2D eigenvalue weighted by Crippen LogP contribution is 2.25. The summed E-state index contributed by atoms with van der Waals surface area (Å²) in [6.07, 6.45) is -1.58. The Morgan fingerprint density at radius 3 is 2.57 bits per heavy atom. The fourth-order valence-corrected chi connectivity index (χ4v) is 1.92. The molecule has 21 heavy (non-hydrogen) atoms. The SMILES string of the molecule is CC(C)(C)c1cc2c(NCCCC(F)(F)F)nccn2n1. The zero-order chi connectivity index (χ0) is 15.7. The van der Waals surface area contributed by atoms with Gasteiger partial charge in [0.15, 0.2) is 5.82 Å². The van der Waals surface area contributed by atoms with Crippen LogP contribution >= 0.6 is 0 Å². The molecule has 1 N–H and O–H groups in total. The number of hydrogen-bond acceptors (Lipinski definition) is 3. The summed E-state index contributed by atoms with van der Waals surface area (Å²) in [5.41, 5.74) is 1.59. The first-order valence-corrected chi connectivity index (χ1v) is 6.82. The number of halogens is 3. The van der Waals surface area contributed by atoms with Gasteiger partial charge in [-0.2, -0.15) is 18.3 Å². The van der Waals surface area contributed by atoms with Crippen LogP contribution in [0.5, 0.6) is 0 Å². The van der Waals surface area contributed by atoms with Crippen LogP contribution in [0.15, 0.2) is 18.5 Å². The van der Waals surface area contributed by atoms with Gasteiger partial charge in [-0.3, -0.25) is 0 Å². The Hall–Kier alpha value is -1.79. The minimum absolute atomic E-state index is 0.0203. The molecule has 0 aliphatic rings. The summed E-state index contributed by atoms with van der Waals surface area (Å²) in [7, 11) is 0. The molecule has 0 fully saturated rings. The molecular formula is C14H19F3N4. The van der Waals surface area contributed by atoms with Crippen molar-refractivity contribution in [2.24, 2.45) is 0 Å².